The molecule has 2 heterocycles. The Labute approximate surface area is 182 Å². The lowest BCUT2D eigenvalue weighted by atomic mass is 9.94. The number of nitrogens with zero attached hydrogens (tertiary/aromatic N) is 5. The van der Waals surface area contributed by atoms with E-state index in [1.54, 1.807) is 23.2 Å². The van der Waals surface area contributed by atoms with E-state index in [9.17, 15) is 14.9 Å². The van der Waals surface area contributed by atoms with Crippen molar-refractivity contribution in [2.45, 2.75) is 38.1 Å². The summed E-state index contributed by atoms with van der Waals surface area (Å²) in [6.07, 6.45) is 7.25. The van der Waals surface area contributed by atoms with Gasteiger partial charge in [-0.15, -0.1) is 0 Å². The summed E-state index contributed by atoms with van der Waals surface area (Å²) >= 11 is 0. The summed E-state index contributed by atoms with van der Waals surface area (Å²) in [5.74, 6) is 0.782. The smallest absolute Gasteiger partial charge is 0.293 e. The maximum atomic E-state index is 13.0. The molecule has 0 N–H and O–H groups in total. The van der Waals surface area contributed by atoms with E-state index in [1.807, 2.05) is 30.1 Å². The summed E-state index contributed by atoms with van der Waals surface area (Å²) in [7, 11) is 1.81. The number of carbonyl (C=O) groups is 1. The summed E-state index contributed by atoms with van der Waals surface area (Å²) < 4.78 is 0. The van der Waals surface area contributed by atoms with Gasteiger partial charge in [0.15, 0.2) is 0 Å². The van der Waals surface area contributed by atoms with Crippen molar-refractivity contribution in [2.75, 3.05) is 43.0 Å². The molecule has 31 heavy (non-hydrogen) atoms. The van der Waals surface area contributed by atoms with E-state index in [2.05, 4.69) is 9.88 Å². The lowest BCUT2D eigenvalue weighted by Crippen LogP contribution is -2.47. The van der Waals surface area contributed by atoms with Crippen LogP contribution in [0.4, 0.5) is 17.2 Å². The Bertz CT molecular complexity index is 922. The van der Waals surface area contributed by atoms with E-state index in [0.717, 1.165) is 44.6 Å². The maximum absolute atomic E-state index is 13.0. The molecule has 0 spiro atoms. The molecule has 8 nitrogen and oxygen atoms in total. The molecular formula is C23H29N5O3. The van der Waals surface area contributed by atoms with Gasteiger partial charge >= 0.3 is 0 Å². The van der Waals surface area contributed by atoms with Crippen LogP contribution in [0.5, 0.6) is 0 Å². The summed E-state index contributed by atoms with van der Waals surface area (Å²) in [4.78, 5) is 34.8. The van der Waals surface area contributed by atoms with Crippen LogP contribution in [0.3, 0.4) is 0 Å². The zero-order chi connectivity index (χ0) is 21.8. The third-order valence-electron chi connectivity index (χ3n) is 6.46. The number of anilines is 2. The normalized spacial score (nSPS) is 17.5. The Hall–Kier alpha value is -3.16. The van der Waals surface area contributed by atoms with Crippen LogP contribution in [0, 0.1) is 10.1 Å². The first kappa shape index (κ1) is 21.1. The minimum absolute atomic E-state index is 0.00539. The van der Waals surface area contributed by atoms with E-state index in [0.29, 0.717) is 24.3 Å². The van der Waals surface area contributed by atoms with Gasteiger partial charge in [0.2, 0.25) is 0 Å². The van der Waals surface area contributed by atoms with Crippen LogP contribution in [-0.2, 0) is 0 Å². The maximum Gasteiger partial charge on any atom is 0.293 e. The Morgan fingerprint density at radius 3 is 2.42 bits per heavy atom. The molecule has 0 atom stereocenters. The summed E-state index contributed by atoms with van der Waals surface area (Å²) in [6, 6.07) is 11.0. The number of hydrogen-bond donors (Lipinski definition) is 0. The molecule has 0 radical (unpaired) electrons. The fourth-order valence-corrected chi connectivity index (χ4v) is 4.63. The van der Waals surface area contributed by atoms with Gasteiger partial charge in [0.25, 0.3) is 11.6 Å². The Kier molecular flexibility index (Phi) is 6.34. The topological polar surface area (TPSA) is 82.8 Å². The second-order valence-corrected chi connectivity index (χ2v) is 8.33. The first-order chi connectivity index (χ1) is 15.0. The second kappa shape index (κ2) is 9.32. The minimum atomic E-state index is -0.377. The molecule has 2 fully saturated rings. The van der Waals surface area contributed by atoms with E-state index < -0.39 is 0 Å². The standard InChI is InChI=1S/C23H29N5O3/c1-25(19-7-3-2-4-8-19)23(29)18-10-11-20(21(17-18)28(30)31)26-13-15-27(16-14-26)22-9-5-6-12-24-22/h5-6,9-12,17,19H,2-4,7-8,13-16H2,1H3. The molecule has 4 rings (SSSR count). The van der Waals surface area contributed by atoms with E-state index in [-0.39, 0.29) is 22.6 Å². The Morgan fingerprint density at radius 1 is 1.06 bits per heavy atom. The van der Waals surface area contributed by atoms with Crippen LogP contribution in [0.15, 0.2) is 42.6 Å². The average Bonchev–Trinajstić information content (AvgIpc) is 2.84. The van der Waals surface area contributed by atoms with Crippen LogP contribution in [0.25, 0.3) is 0 Å². The first-order valence-electron chi connectivity index (χ1n) is 11.0. The van der Waals surface area contributed by atoms with E-state index in [4.69, 9.17) is 0 Å². The van der Waals surface area contributed by atoms with Crippen molar-refractivity contribution in [3.8, 4) is 0 Å². The highest BCUT2D eigenvalue weighted by Gasteiger charge is 2.28. The number of aromatic nitrogens is 1. The van der Waals surface area contributed by atoms with Gasteiger partial charge in [0, 0.05) is 57.1 Å². The monoisotopic (exact) mass is 423 g/mol. The summed E-state index contributed by atoms with van der Waals surface area (Å²) in [5.41, 5.74) is 0.951. The van der Waals surface area contributed by atoms with E-state index >= 15 is 0 Å². The van der Waals surface area contributed by atoms with Crippen molar-refractivity contribution in [3.63, 3.8) is 0 Å². The van der Waals surface area contributed by atoms with Crippen molar-refractivity contribution in [1.29, 1.82) is 0 Å². The zero-order valence-corrected chi connectivity index (χ0v) is 17.9. The number of benzene rings is 1. The molecular weight excluding hydrogens is 394 g/mol. The van der Waals surface area contributed by atoms with Crippen molar-refractivity contribution in [2.24, 2.45) is 0 Å². The lowest BCUT2D eigenvalue weighted by Gasteiger charge is -2.36. The molecule has 164 valence electrons. The fourth-order valence-electron chi connectivity index (χ4n) is 4.63. The molecule has 1 aromatic heterocycles. The molecule has 1 saturated carbocycles. The van der Waals surface area contributed by atoms with Crippen molar-refractivity contribution in [3.05, 3.63) is 58.3 Å². The van der Waals surface area contributed by atoms with E-state index in [1.165, 1.54) is 12.5 Å². The van der Waals surface area contributed by atoms with Gasteiger partial charge in [-0.25, -0.2) is 4.98 Å². The first-order valence-corrected chi connectivity index (χ1v) is 11.0. The SMILES string of the molecule is CN(C(=O)c1ccc(N2CCN(c3ccccn3)CC2)c([N+](=O)[O-])c1)C1CCCCC1. The van der Waals surface area contributed by atoms with Crippen molar-refractivity contribution in [1.82, 2.24) is 9.88 Å². The largest absolute Gasteiger partial charge is 0.362 e. The van der Waals surface area contributed by atoms with Crippen LogP contribution < -0.4 is 9.80 Å². The highest BCUT2D eigenvalue weighted by atomic mass is 16.6. The summed E-state index contributed by atoms with van der Waals surface area (Å²) in [6.45, 7) is 2.79. The molecule has 1 saturated heterocycles. The molecule has 2 aliphatic rings. The van der Waals surface area contributed by atoms with Gasteiger partial charge in [0.05, 0.1) is 4.92 Å². The lowest BCUT2D eigenvalue weighted by molar-refractivity contribution is -0.384. The number of carbonyl (C=O) groups excluding carboxylic acids is 1. The number of rotatable bonds is 5. The number of pyridine rings is 1. The summed E-state index contributed by atoms with van der Waals surface area (Å²) in [5, 5.41) is 11.8. The number of nitro groups is 1. The Morgan fingerprint density at radius 2 is 1.77 bits per heavy atom. The number of nitro benzene ring substituents is 1. The number of amides is 1. The van der Waals surface area contributed by atoms with Crippen LogP contribution in [0.1, 0.15) is 42.5 Å². The number of hydrogen-bond acceptors (Lipinski definition) is 6. The molecule has 1 aliphatic carbocycles. The van der Waals surface area contributed by atoms with Gasteiger partial charge in [-0.3, -0.25) is 14.9 Å². The number of piperazine rings is 1. The van der Waals surface area contributed by atoms with Gasteiger partial charge < -0.3 is 14.7 Å². The molecule has 1 amide bonds. The highest BCUT2D eigenvalue weighted by molar-refractivity contribution is 5.96. The van der Waals surface area contributed by atoms with Gasteiger partial charge in [-0.2, -0.15) is 0 Å². The molecule has 0 bridgehead atoms. The average molecular weight is 424 g/mol. The van der Waals surface area contributed by atoms with Crippen LogP contribution in [-0.4, -0.2) is 60.0 Å². The fraction of sp³-hybridized carbons (Fsp3) is 0.478. The molecule has 1 aromatic carbocycles. The third-order valence-corrected chi connectivity index (χ3v) is 6.46. The molecule has 0 unspecified atom stereocenters. The predicted molar refractivity (Wildman–Crippen MR) is 121 cm³/mol. The second-order valence-electron chi connectivity index (χ2n) is 8.33. The highest BCUT2D eigenvalue weighted by Crippen LogP contribution is 2.31. The van der Waals surface area contributed by atoms with Gasteiger partial charge in [0.1, 0.15) is 11.5 Å². The molecule has 2 aromatic rings. The zero-order valence-electron chi connectivity index (χ0n) is 17.9. The van der Waals surface area contributed by atoms with Gasteiger partial charge in [-0.1, -0.05) is 25.3 Å². The third kappa shape index (κ3) is 4.62. The van der Waals surface area contributed by atoms with Crippen LogP contribution in [0.2, 0.25) is 0 Å². The Balaban J connectivity index is 1.49. The quantitative estimate of drug-likeness (QED) is 0.538. The predicted octanol–water partition coefficient (Wildman–Crippen LogP) is 3.72. The molecule has 1 aliphatic heterocycles. The van der Waals surface area contributed by atoms with Crippen molar-refractivity contribution >= 4 is 23.1 Å². The van der Waals surface area contributed by atoms with Crippen molar-refractivity contribution < 1.29 is 9.72 Å². The van der Waals surface area contributed by atoms with Gasteiger partial charge in [-0.05, 0) is 37.1 Å². The molecule has 8 heteroatoms. The van der Waals surface area contributed by atoms with Crippen LogP contribution >= 0.6 is 0 Å². The minimum Gasteiger partial charge on any atom is -0.362 e.